The number of amides is 3. The molecule has 0 atom stereocenters. The zero-order valence-corrected chi connectivity index (χ0v) is 13.3. The molecule has 0 aliphatic carbocycles. The molecule has 6 nitrogen and oxygen atoms in total. The van der Waals surface area contributed by atoms with E-state index in [4.69, 9.17) is 10.5 Å². The molecule has 0 aromatic heterocycles. The number of carbonyl (C=O) groups is 2. The standard InChI is InChI=1S/C16H21F2N3O3/c17-13-2-1-12(10-14(13)18)24-8-5-20-16(23)21-6-3-11(4-7-21)9-15(19)22/h1-2,10-11H,3-9H2,(H2,19,22)(H,20,23). The number of likely N-dealkylation sites (tertiary alicyclic amines) is 1. The number of halogens is 2. The molecule has 132 valence electrons. The minimum absolute atomic E-state index is 0.148. The van der Waals surface area contributed by atoms with Gasteiger partial charge in [-0.15, -0.1) is 0 Å². The van der Waals surface area contributed by atoms with Crippen molar-refractivity contribution in [1.82, 2.24) is 10.2 Å². The predicted octanol–water partition coefficient (Wildman–Crippen LogP) is 1.64. The Hall–Kier alpha value is -2.38. The highest BCUT2D eigenvalue weighted by Crippen LogP contribution is 2.20. The lowest BCUT2D eigenvalue weighted by atomic mass is 9.93. The van der Waals surface area contributed by atoms with Crippen molar-refractivity contribution >= 4 is 11.9 Å². The summed E-state index contributed by atoms with van der Waals surface area (Å²) in [6.45, 7) is 1.55. The normalized spacial score (nSPS) is 15.2. The van der Waals surface area contributed by atoms with Gasteiger partial charge in [-0.2, -0.15) is 0 Å². The Morgan fingerprint density at radius 2 is 1.96 bits per heavy atom. The topological polar surface area (TPSA) is 84.7 Å². The molecule has 1 aromatic carbocycles. The van der Waals surface area contributed by atoms with Gasteiger partial charge in [-0.1, -0.05) is 0 Å². The summed E-state index contributed by atoms with van der Waals surface area (Å²) in [6, 6.07) is 3.06. The quantitative estimate of drug-likeness (QED) is 0.772. The zero-order valence-electron chi connectivity index (χ0n) is 13.3. The third-order valence-electron chi connectivity index (χ3n) is 3.93. The van der Waals surface area contributed by atoms with Crippen LogP contribution in [-0.2, 0) is 4.79 Å². The fourth-order valence-electron chi connectivity index (χ4n) is 2.63. The minimum Gasteiger partial charge on any atom is -0.492 e. The van der Waals surface area contributed by atoms with Gasteiger partial charge < -0.3 is 20.7 Å². The lowest BCUT2D eigenvalue weighted by Gasteiger charge is -2.31. The number of ether oxygens (including phenoxy) is 1. The second-order valence-corrected chi connectivity index (χ2v) is 5.76. The monoisotopic (exact) mass is 341 g/mol. The lowest BCUT2D eigenvalue weighted by Crippen LogP contribution is -2.45. The molecular weight excluding hydrogens is 320 g/mol. The highest BCUT2D eigenvalue weighted by Gasteiger charge is 2.23. The van der Waals surface area contributed by atoms with E-state index >= 15 is 0 Å². The average molecular weight is 341 g/mol. The summed E-state index contributed by atoms with van der Waals surface area (Å²) < 4.78 is 31.0. The van der Waals surface area contributed by atoms with Crippen LogP contribution in [-0.4, -0.2) is 43.1 Å². The first kappa shape index (κ1) is 18.0. The molecule has 3 N–H and O–H groups in total. The van der Waals surface area contributed by atoms with Crippen molar-refractivity contribution in [2.75, 3.05) is 26.2 Å². The van der Waals surface area contributed by atoms with Gasteiger partial charge in [-0.3, -0.25) is 4.79 Å². The fourth-order valence-corrected chi connectivity index (χ4v) is 2.63. The molecule has 0 bridgehead atoms. The van der Waals surface area contributed by atoms with Crippen LogP contribution in [0.4, 0.5) is 13.6 Å². The number of nitrogens with zero attached hydrogens (tertiary/aromatic N) is 1. The van der Waals surface area contributed by atoms with Gasteiger partial charge >= 0.3 is 6.03 Å². The van der Waals surface area contributed by atoms with Gasteiger partial charge in [0, 0.05) is 25.6 Å². The van der Waals surface area contributed by atoms with E-state index in [9.17, 15) is 18.4 Å². The smallest absolute Gasteiger partial charge is 0.317 e. The molecule has 0 spiro atoms. The van der Waals surface area contributed by atoms with E-state index in [0.717, 1.165) is 25.0 Å². The van der Waals surface area contributed by atoms with Gasteiger partial charge in [-0.05, 0) is 30.9 Å². The Bertz CT molecular complexity index is 590. The third kappa shape index (κ3) is 5.36. The summed E-state index contributed by atoms with van der Waals surface area (Å²) in [7, 11) is 0. The number of urea groups is 1. The Labute approximate surface area is 138 Å². The SMILES string of the molecule is NC(=O)CC1CCN(C(=O)NCCOc2ccc(F)c(F)c2)CC1. The van der Waals surface area contributed by atoms with E-state index in [1.165, 1.54) is 6.07 Å². The molecular formula is C16H21F2N3O3. The van der Waals surface area contributed by atoms with Gasteiger partial charge in [0.25, 0.3) is 0 Å². The van der Waals surface area contributed by atoms with Crippen LogP contribution < -0.4 is 15.8 Å². The molecule has 8 heteroatoms. The number of primary amides is 1. The van der Waals surface area contributed by atoms with Crippen LogP contribution in [0.1, 0.15) is 19.3 Å². The second-order valence-electron chi connectivity index (χ2n) is 5.76. The first-order chi connectivity index (χ1) is 11.5. The Balaban J connectivity index is 1.65. The molecule has 24 heavy (non-hydrogen) atoms. The van der Waals surface area contributed by atoms with Crippen LogP contribution in [0.5, 0.6) is 5.75 Å². The Morgan fingerprint density at radius 3 is 2.58 bits per heavy atom. The van der Waals surface area contributed by atoms with Gasteiger partial charge in [0.1, 0.15) is 12.4 Å². The molecule has 1 aromatic rings. The Morgan fingerprint density at radius 1 is 1.25 bits per heavy atom. The maximum atomic E-state index is 13.0. The van der Waals surface area contributed by atoms with Crippen molar-refractivity contribution in [3.8, 4) is 5.75 Å². The molecule has 0 unspecified atom stereocenters. The molecule has 1 aliphatic heterocycles. The minimum atomic E-state index is -0.977. The molecule has 1 heterocycles. The summed E-state index contributed by atoms with van der Waals surface area (Å²) in [5, 5.41) is 2.71. The number of nitrogens with two attached hydrogens (primary N) is 1. The molecule has 1 saturated heterocycles. The summed E-state index contributed by atoms with van der Waals surface area (Å²) in [6.07, 6.45) is 1.86. The molecule has 1 aliphatic rings. The van der Waals surface area contributed by atoms with E-state index in [1.807, 2.05) is 0 Å². The van der Waals surface area contributed by atoms with Crippen molar-refractivity contribution in [2.45, 2.75) is 19.3 Å². The number of nitrogens with one attached hydrogen (secondary N) is 1. The van der Waals surface area contributed by atoms with Gasteiger partial charge in [0.15, 0.2) is 11.6 Å². The maximum absolute atomic E-state index is 13.0. The second kappa shape index (κ2) is 8.47. The molecule has 0 saturated carbocycles. The van der Waals surface area contributed by atoms with Gasteiger partial charge in [-0.25, -0.2) is 13.6 Å². The number of benzene rings is 1. The van der Waals surface area contributed by atoms with Crippen LogP contribution >= 0.6 is 0 Å². The molecule has 3 amide bonds. The average Bonchev–Trinajstić information content (AvgIpc) is 2.54. The number of piperidine rings is 1. The van der Waals surface area contributed by atoms with Crippen molar-refractivity contribution in [1.29, 1.82) is 0 Å². The van der Waals surface area contributed by atoms with Crippen LogP contribution in [0.2, 0.25) is 0 Å². The first-order valence-electron chi connectivity index (χ1n) is 7.84. The van der Waals surface area contributed by atoms with Crippen LogP contribution in [0, 0.1) is 17.6 Å². The number of carbonyl (C=O) groups excluding carboxylic acids is 2. The summed E-state index contributed by atoms with van der Waals surface area (Å²) in [4.78, 5) is 24.6. The molecule has 2 rings (SSSR count). The largest absolute Gasteiger partial charge is 0.492 e. The van der Waals surface area contributed by atoms with Crippen LogP contribution in [0.25, 0.3) is 0 Å². The molecule has 1 fully saturated rings. The van der Waals surface area contributed by atoms with Crippen LogP contribution in [0.15, 0.2) is 18.2 Å². The van der Waals surface area contributed by atoms with Gasteiger partial charge in [0.2, 0.25) is 5.91 Å². The van der Waals surface area contributed by atoms with Crippen LogP contribution in [0.3, 0.4) is 0 Å². The van der Waals surface area contributed by atoms with E-state index in [0.29, 0.717) is 19.5 Å². The fraction of sp³-hybridized carbons (Fsp3) is 0.500. The summed E-state index contributed by atoms with van der Waals surface area (Å²) in [5.74, 6) is -1.78. The third-order valence-corrected chi connectivity index (χ3v) is 3.93. The molecule has 0 radical (unpaired) electrons. The number of hydrogen-bond acceptors (Lipinski definition) is 3. The number of rotatable bonds is 6. The zero-order chi connectivity index (χ0) is 17.5. The highest BCUT2D eigenvalue weighted by atomic mass is 19.2. The summed E-state index contributed by atoms with van der Waals surface area (Å²) in [5.41, 5.74) is 5.17. The number of hydrogen-bond donors (Lipinski definition) is 2. The van der Waals surface area contributed by atoms with Crippen molar-refractivity contribution in [3.05, 3.63) is 29.8 Å². The maximum Gasteiger partial charge on any atom is 0.317 e. The first-order valence-corrected chi connectivity index (χ1v) is 7.84. The van der Waals surface area contributed by atoms with Gasteiger partial charge in [0.05, 0.1) is 6.54 Å². The highest BCUT2D eigenvalue weighted by molar-refractivity contribution is 5.75. The Kier molecular flexibility index (Phi) is 6.34. The van der Waals surface area contributed by atoms with E-state index in [1.54, 1.807) is 4.90 Å². The summed E-state index contributed by atoms with van der Waals surface area (Å²) >= 11 is 0. The lowest BCUT2D eigenvalue weighted by molar-refractivity contribution is -0.119. The van der Waals surface area contributed by atoms with Crippen molar-refractivity contribution in [2.24, 2.45) is 11.7 Å². The van der Waals surface area contributed by atoms with E-state index in [2.05, 4.69) is 5.32 Å². The predicted molar refractivity (Wildman–Crippen MR) is 83.4 cm³/mol. The van der Waals surface area contributed by atoms with E-state index in [-0.39, 0.29) is 36.8 Å². The van der Waals surface area contributed by atoms with E-state index < -0.39 is 11.6 Å². The van der Waals surface area contributed by atoms with Crippen molar-refractivity contribution < 1.29 is 23.1 Å². The van der Waals surface area contributed by atoms with Crippen molar-refractivity contribution in [3.63, 3.8) is 0 Å².